The SMILES string of the molecule is CCc1noc([C@H](C)N[C@H]2CCN(C(=O)C(C)C)C[C@H]2CC)n1. The van der Waals surface area contributed by atoms with E-state index in [1.54, 1.807) is 0 Å². The second-order valence-corrected chi connectivity index (χ2v) is 6.79. The van der Waals surface area contributed by atoms with Gasteiger partial charge in [-0.1, -0.05) is 39.3 Å². The molecule has 0 aliphatic carbocycles. The number of nitrogens with zero attached hydrogens (tertiary/aromatic N) is 3. The summed E-state index contributed by atoms with van der Waals surface area (Å²) < 4.78 is 5.33. The van der Waals surface area contributed by atoms with Crippen LogP contribution in [0.2, 0.25) is 0 Å². The molecule has 0 spiro atoms. The fraction of sp³-hybridized carbons (Fsp3) is 0.824. The third kappa shape index (κ3) is 4.31. The lowest BCUT2D eigenvalue weighted by atomic mass is 9.88. The van der Waals surface area contributed by atoms with Gasteiger partial charge in [-0.3, -0.25) is 4.79 Å². The maximum atomic E-state index is 12.2. The summed E-state index contributed by atoms with van der Waals surface area (Å²) in [6.45, 7) is 11.9. The zero-order valence-corrected chi connectivity index (χ0v) is 15.0. The maximum absolute atomic E-state index is 12.2. The van der Waals surface area contributed by atoms with Gasteiger partial charge in [0.05, 0.1) is 6.04 Å². The lowest BCUT2D eigenvalue weighted by Gasteiger charge is -2.40. The Balaban J connectivity index is 1.96. The molecular weight excluding hydrogens is 292 g/mol. The Morgan fingerprint density at radius 3 is 2.70 bits per heavy atom. The summed E-state index contributed by atoms with van der Waals surface area (Å²) in [5, 5.41) is 7.59. The first-order valence-electron chi connectivity index (χ1n) is 8.83. The molecule has 3 atom stereocenters. The number of carbonyl (C=O) groups excluding carboxylic acids is 1. The smallest absolute Gasteiger partial charge is 0.243 e. The highest BCUT2D eigenvalue weighted by atomic mass is 16.5. The van der Waals surface area contributed by atoms with Crippen molar-refractivity contribution in [1.82, 2.24) is 20.4 Å². The van der Waals surface area contributed by atoms with Gasteiger partial charge in [0.1, 0.15) is 0 Å². The highest BCUT2D eigenvalue weighted by Gasteiger charge is 2.32. The van der Waals surface area contributed by atoms with Gasteiger partial charge in [0, 0.05) is 31.5 Å². The fourth-order valence-electron chi connectivity index (χ4n) is 3.21. The summed E-state index contributed by atoms with van der Waals surface area (Å²) in [5.74, 6) is 2.19. The van der Waals surface area contributed by atoms with Crippen molar-refractivity contribution >= 4 is 5.91 Å². The first-order valence-corrected chi connectivity index (χ1v) is 8.83. The Morgan fingerprint density at radius 2 is 2.13 bits per heavy atom. The van der Waals surface area contributed by atoms with Gasteiger partial charge in [0.15, 0.2) is 5.82 Å². The summed E-state index contributed by atoms with van der Waals surface area (Å²) in [6.07, 6.45) is 2.80. The number of aryl methyl sites for hydroxylation is 1. The molecule has 1 aliphatic heterocycles. The number of rotatable bonds is 6. The summed E-state index contributed by atoms with van der Waals surface area (Å²) in [5.41, 5.74) is 0. The molecule has 1 aromatic heterocycles. The van der Waals surface area contributed by atoms with Crippen LogP contribution in [0.15, 0.2) is 4.52 Å². The molecule has 0 aromatic carbocycles. The van der Waals surface area contributed by atoms with Crippen LogP contribution in [0, 0.1) is 11.8 Å². The van der Waals surface area contributed by atoms with Crippen molar-refractivity contribution in [3.8, 4) is 0 Å². The van der Waals surface area contributed by atoms with E-state index >= 15 is 0 Å². The quantitative estimate of drug-likeness (QED) is 0.871. The molecule has 1 N–H and O–H groups in total. The molecule has 130 valence electrons. The first-order chi connectivity index (χ1) is 11.0. The van der Waals surface area contributed by atoms with Gasteiger partial charge < -0.3 is 14.7 Å². The molecule has 2 heterocycles. The molecule has 0 bridgehead atoms. The van der Waals surface area contributed by atoms with Crippen molar-refractivity contribution in [3.05, 3.63) is 11.7 Å². The van der Waals surface area contributed by atoms with Crippen molar-refractivity contribution < 1.29 is 9.32 Å². The Hall–Kier alpha value is -1.43. The third-order valence-electron chi connectivity index (χ3n) is 4.70. The Kier molecular flexibility index (Phi) is 6.16. The minimum atomic E-state index is 0.0363. The van der Waals surface area contributed by atoms with Gasteiger partial charge in [-0.15, -0.1) is 0 Å². The predicted octanol–water partition coefficient (Wildman–Crippen LogP) is 2.57. The van der Waals surface area contributed by atoms with Crippen molar-refractivity contribution in [2.75, 3.05) is 13.1 Å². The molecule has 23 heavy (non-hydrogen) atoms. The van der Waals surface area contributed by atoms with E-state index < -0.39 is 0 Å². The molecule has 1 aromatic rings. The summed E-state index contributed by atoms with van der Waals surface area (Å²) >= 11 is 0. The number of aromatic nitrogens is 2. The van der Waals surface area contributed by atoms with Gasteiger partial charge in [0.25, 0.3) is 0 Å². The average Bonchev–Trinajstić information content (AvgIpc) is 3.03. The van der Waals surface area contributed by atoms with E-state index in [9.17, 15) is 4.79 Å². The van der Waals surface area contributed by atoms with E-state index in [4.69, 9.17) is 4.52 Å². The Morgan fingerprint density at radius 1 is 1.39 bits per heavy atom. The van der Waals surface area contributed by atoms with Crippen LogP contribution in [0.4, 0.5) is 0 Å². The van der Waals surface area contributed by atoms with E-state index in [0.29, 0.717) is 17.9 Å². The molecule has 0 radical (unpaired) electrons. The highest BCUT2D eigenvalue weighted by molar-refractivity contribution is 5.78. The lowest BCUT2D eigenvalue weighted by molar-refractivity contribution is -0.136. The van der Waals surface area contributed by atoms with Crippen LogP contribution in [0.3, 0.4) is 0 Å². The molecule has 6 nitrogen and oxygen atoms in total. The van der Waals surface area contributed by atoms with E-state index in [1.165, 1.54) is 0 Å². The Labute approximate surface area is 139 Å². The largest absolute Gasteiger partial charge is 0.342 e. The molecule has 0 saturated carbocycles. The van der Waals surface area contributed by atoms with Gasteiger partial charge in [-0.2, -0.15) is 4.98 Å². The number of likely N-dealkylation sites (tertiary alicyclic amines) is 1. The number of amides is 1. The van der Waals surface area contributed by atoms with Crippen LogP contribution in [0.1, 0.15) is 65.2 Å². The topological polar surface area (TPSA) is 71.3 Å². The fourth-order valence-corrected chi connectivity index (χ4v) is 3.21. The molecule has 2 rings (SSSR count). The second-order valence-electron chi connectivity index (χ2n) is 6.79. The number of carbonyl (C=O) groups is 1. The minimum Gasteiger partial charge on any atom is -0.342 e. The molecule has 1 fully saturated rings. The molecule has 1 aliphatic rings. The van der Waals surface area contributed by atoms with E-state index in [2.05, 4.69) is 29.3 Å². The van der Waals surface area contributed by atoms with Crippen LogP contribution >= 0.6 is 0 Å². The van der Waals surface area contributed by atoms with Gasteiger partial charge in [0.2, 0.25) is 11.8 Å². The molecule has 6 heteroatoms. The Bertz CT molecular complexity index is 514. The molecule has 1 saturated heterocycles. The van der Waals surface area contributed by atoms with E-state index in [-0.39, 0.29) is 17.9 Å². The van der Waals surface area contributed by atoms with Crippen molar-refractivity contribution in [2.24, 2.45) is 11.8 Å². The zero-order chi connectivity index (χ0) is 17.0. The molecular formula is C17H30N4O2. The van der Waals surface area contributed by atoms with Gasteiger partial charge in [-0.05, 0) is 19.3 Å². The van der Waals surface area contributed by atoms with Crippen molar-refractivity contribution in [2.45, 2.75) is 66.0 Å². The zero-order valence-electron chi connectivity index (χ0n) is 15.0. The highest BCUT2D eigenvalue weighted by Crippen LogP contribution is 2.24. The molecule has 1 amide bonds. The van der Waals surface area contributed by atoms with Crippen LogP contribution < -0.4 is 5.32 Å². The van der Waals surface area contributed by atoms with Crippen LogP contribution in [-0.2, 0) is 11.2 Å². The first kappa shape index (κ1) is 17.9. The number of hydrogen-bond donors (Lipinski definition) is 1. The van der Waals surface area contributed by atoms with E-state index in [0.717, 1.165) is 38.2 Å². The number of nitrogens with one attached hydrogen (secondary N) is 1. The van der Waals surface area contributed by atoms with Gasteiger partial charge >= 0.3 is 0 Å². The summed E-state index contributed by atoms with van der Waals surface area (Å²) in [7, 11) is 0. The van der Waals surface area contributed by atoms with Gasteiger partial charge in [-0.25, -0.2) is 0 Å². The van der Waals surface area contributed by atoms with Crippen molar-refractivity contribution in [1.29, 1.82) is 0 Å². The van der Waals surface area contributed by atoms with Crippen LogP contribution in [-0.4, -0.2) is 40.1 Å². The standard InChI is InChI=1S/C17H30N4O2/c1-6-13-10-21(17(22)11(3)4)9-8-14(13)18-12(5)16-19-15(7-2)20-23-16/h11-14,18H,6-10H2,1-5H3/t12-,13+,14-/m0/s1. The summed E-state index contributed by atoms with van der Waals surface area (Å²) in [4.78, 5) is 18.6. The number of piperidine rings is 1. The second kappa shape index (κ2) is 7.90. The predicted molar refractivity (Wildman–Crippen MR) is 88.8 cm³/mol. The van der Waals surface area contributed by atoms with Crippen molar-refractivity contribution in [3.63, 3.8) is 0 Å². The van der Waals surface area contributed by atoms with Crippen LogP contribution in [0.25, 0.3) is 0 Å². The normalized spacial score (nSPS) is 23.3. The van der Waals surface area contributed by atoms with E-state index in [1.807, 2.05) is 25.7 Å². The minimum absolute atomic E-state index is 0.0363. The maximum Gasteiger partial charge on any atom is 0.243 e. The third-order valence-corrected chi connectivity index (χ3v) is 4.70. The number of hydrogen-bond acceptors (Lipinski definition) is 5. The molecule has 0 unspecified atom stereocenters. The monoisotopic (exact) mass is 322 g/mol. The van der Waals surface area contributed by atoms with Crippen LogP contribution in [0.5, 0.6) is 0 Å². The summed E-state index contributed by atoms with van der Waals surface area (Å²) in [6, 6.07) is 0.414. The lowest BCUT2D eigenvalue weighted by Crippen LogP contribution is -2.52. The average molecular weight is 322 g/mol.